The summed E-state index contributed by atoms with van der Waals surface area (Å²) in [5, 5.41) is 40.6. The van der Waals surface area contributed by atoms with Gasteiger partial charge in [-0.1, -0.05) is 13.8 Å². The zero-order valence-corrected chi connectivity index (χ0v) is 32.9. The number of benzene rings is 3. The first-order valence-electron chi connectivity index (χ1n) is 18.0. The number of hydrogen-bond donors (Lipinski definition) is 4. The van der Waals surface area contributed by atoms with Crippen molar-refractivity contribution in [3.63, 3.8) is 0 Å². The maximum absolute atomic E-state index is 10.5. The van der Waals surface area contributed by atoms with E-state index in [1.165, 1.54) is 14.2 Å². The van der Waals surface area contributed by atoms with Gasteiger partial charge < -0.3 is 72.5 Å². The van der Waals surface area contributed by atoms with Crippen LogP contribution in [-0.4, -0.2) is 114 Å². The lowest BCUT2D eigenvalue weighted by Gasteiger charge is -2.39. The first kappa shape index (κ1) is 41.8. The predicted molar refractivity (Wildman–Crippen MR) is 198 cm³/mol. The molecule has 0 aliphatic carbocycles. The minimum atomic E-state index is -1.62. The van der Waals surface area contributed by atoms with Crippen LogP contribution >= 0.6 is 0 Å². The van der Waals surface area contributed by atoms with Gasteiger partial charge >= 0.3 is 0 Å². The minimum absolute atomic E-state index is 0.0933. The summed E-state index contributed by atoms with van der Waals surface area (Å²) in [7, 11) is 10.8. The van der Waals surface area contributed by atoms with Crippen molar-refractivity contribution in [1.82, 2.24) is 0 Å². The second-order valence-electron chi connectivity index (χ2n) is 13.7. The maximum Gasteiger partial charge on any atom is 0.229 e. The first-order valence-corrected chi connectivity index (χ1v) is 18.0. The summed E-state index contributed by atoms with van der Waals surface area (Å²) in [5.74, 6) is 3.82. The van der Waals surface area contributed by atoms with Crippen molar-refractivity contribution in [2.75, 3.05) is 56.4 Å². The fourth-order valence-electron chi connectivity index (χ4n) is 7.19. The highest BCUT2D eigenvalue weighted by atomic mass is 16.7. The molecule has 0 amide bonds. The molecule has 2 aliphatic rings. The largest absolute Gasteiger partial charge is 0.493 e. The highest BCUT2D eigenvalue weighted by Gasteiger charge is 2.45. The number of hydrogen-bond acceptors (Lipinski definition) is 15. The van der Waals surface area contributed by atoms with E-state index in [0.29, 0.717) is 40.9 Å². The fraction of sp³-hybridized carbons (Fsp3) is 0.550. The molecule has 2 heterocycles. The van der Waals surface area contributed by atoms with Gasteiger partial charge in [0.05, 0.1) is 68.6 Å². The van der Waals surface area contributed by atoms with E-state index in [-0.39, 0.29) is 41.3 Å². The Morgan fingerprint density at radius 1 is 0.564 bits per heavy atom. The molecule has 0 unspecified atom stereocenters. The van der Waals surface area contributed by atoms with Gasteiger partial charge in [0.2, 0.25) is 23.5 Å². The maximum atomic E-state index is 10.5. The lowest BCUT2D eigenvalue weighted by atomic mass is 9.85. The Kier molecular flexibility index (Phi) is 13.7. The number of rotatable bonds is 16. The van der Waals surface area contributed by atoms with Crippen LogP contribution in [-0.2, 0) is 15.9 Å². The van der Waals surface area contributed by atoms with Gasteiger partial charge in [0.1, 0.15) is 30.5 Å². The standard InChI is InChI=1S/C40H54O15/c1-19(11-22-12-25(45-4)39(26(13-22)46-5)55-40-34(44)33(43)32(42)31(18-41)53-40)52-38-29(49-8)16-24(17-30(38)50-9)36-21(3)20(2)35(54-36)23-14-27(47-6)37(51-10)28(15-23)48-7/h12-17,19-21,31-36,40-44H,11,18H2,1-10H3/t19-,20+,21+,31+,32+,33-,34+,35-,36+,40-/m0/s1. The highest BCUT2D eigenvalue weighted by molar-refractivity contribution is 5.57. The van der Waals surface area contributed by atoms with E-state index >= 15 is 0 Å². The summed E-state index contributed by atoms with van der Waals surface area (Å²) in [6.45, 7) is 5.61. The molecule has 0 aromatic heterocycles. The molecule has 4 N–H and O–H groups in total. The zero-order chi connectivity index (χ0) is 40.1. The molecule has 55 heavy (non-hydrogen) atoms. The molecule has 2 fully saturated rings. The van der Waals surface area contributed by atoms with Crippen molar-refractivity contribution in [2.45, 2.75) is 76.2 Å². The number of ether oxygens (including phenoxy) is 11. The Bertz CT molecular complexity index is 1670. The molecule has 15 nitrogen and oxygen atoms in total. The predicted octanol–water partition coefficient (Wildman–Crippen LogP) is 4.02. The van der Waals surface area contributed by atoms with Crippen molar-refractivity contribution in [3.05, 3.63) is 53.1 Å². The van der Waals surface area contributed by atoms with E-state index in [0.717, 1.165) is 16.7 Å². The Hall–Kier alpha value is -4.38. The number of aliphatic hydroxyl groups excluding tert-OH is 4. The van der Waals surface area contributed by atoms with Crippen LogP contribution in [0.2, 0.25) is 0 Å². The Morgan fingerprint density at radius 2 is 1.00 bits per heavy atom. The monoisotopic (exact) mass is 774 g/mol. The molecule has 3 aromatic rings. The Balaban J connectivity index is 1.36. The smallest absolute Gasteiger partial charge is 0.229 e. The molecule has 304 valence electrons. The van der Waals surface area contributed by atoms with Gasteiger partial charge in [0.25, 0.3) is 0 Å². The summed E-state index contributed by atoms with van der Waals surface area (Å²) >= 11 is 0. The lowest BCUT2D eigenvalue weighted by Crippen LogP contribution is -2.60. The average Bonchev–Trinajstić information content (AvgIpc) is 3.50. The first-order chi connectivity index (χ1) is 26.4. The topological polar surface area (TPSA) is 182 Å². The summed E-state index contributed by atoms with van der Waals surface area (Å²) in [4.78, 5) is 0. The van der Waals surface area contributed by atoms with Crippen LogP contribution in [0, 0.1) is 11.8 Å². The van der Waals surface area contributed by atoms with Crippen LogP contribution in [0.1, 0.15) is 49.7 Å². The van der Waals surface area contributed by atoms with Crippen molar-refractivity contribution in [1.29, 1.82) is 0 Å². The van der Waals surface area contributed by atoms with Gasteiger partial charge in [-0.15, -0.1) is 0 Å². The minimum Gasteiger partial charge on any atom is -0.493 e. The highest BCUT2D eigenvalue weighted by Crippen LogP contribution is 2.53. The van der Waals surface area contributed by atoms with Gasteiger partial charge in [-0.2, -0.15) is 0 Å². The van der Waals surface area contributed by atoms with E-state index < -0.39 is 43.4 Å². The van der Waals surface area contributed by atoms with Crippen molar-refractivity contribution in [3.8, 4) is 51.7 Å². The second-order valence-corrected chi connectivity index (χ2v) is 13.7. The summed E-state index contributed by atoms with van der Waals surface area (Å²) in [6, 6.07) is 11.1. The molecular formula is C40H54O15. The van der Waals surface area contributed by atoms with Gasteiger partial charge in [-0.25, -0.2) is 0 Å². The van der Waals surface area contributed by atoms with Gasteiger partial charge in [-0.05, 0) is 71.8 Å². The van der Waals surface area contributed by atoms with Crippen LogP contribution in [0.3, 0.4) is 0 Å². The SMILES string of the molecule is COc1cc([C@H]2O[C@@H](c3cc(OC)c(O[C@@H](C)Cc4cc(OC)c(O[C@@H]5O[C@H](CO)[C@@H](O)[C@H](O)[C@H]5O)c(OC)c4)c(OC)c3)[C@H](C)[C@H]2C)cc(OC)c1OC. The van der Waals surface area contributed by atoms with E-state index in [1.807, 2.05) is 31.2 Å². The quantitative estimate of drug-likeness (QED) is 0.164. The third kappa shape index (κ3) is 8.42. The normalized spacial score (nSPS) is 26.8. The molecular weight excluding hydrogens is 720 g/mol. The molecule has 5 rings (SSSR count). The van der Waals surface area contributed by atoms with Crippen molar-refractivity contribution < 1.29 is 72.5 Å². The van der Waals surface area contributed by atoms with E-state index in [9.17, 15) is 20.4 Å². The fourth-order valence-corrected chi connectivity index (χ4v) is 7.19. The average molecular weight is 775 g/mol. The van der Waals surface area contributed by atoms with Gasteiger partial charge in [0, 0.05) is 6.42 Å². The lowest BCUT2D eigenvalue weighted by molar-refractivity contribution is -0.277. The van der Waals surface area contributed by atoms with E-state index in [1.54, 1.807) is 47.7 Å². The van der Waals surface area contributed by atoms with Crippen molar-refractivity contribution in [2.24, 2.45) is 11.8 Å². The summed E-state index contributed by atoms with van der Waals surface area (Å²) in [5.41, 5.74) is 2.54. The molecule has 0 bridgehead atoms. The van der Waals surface area contributed by atoms with E-state index in [2.05, 4.69) is 13.8 Å². The molecule has 3 aromatic carbocycles. The molecule has 0 spiro atoms. The van der Waals surface area contributed by atoms with Crippen LogP contribution in [0.4, 0.5) is 0 Å². The molecule has 15 heteroatoms. The summed E-state index contributed by atoms with van der Waals surface area (Å²) < 4.78 is 64.4. The summed E-state index contributed by atoms with van der Waals surface area (Å²) in [6.07, 6.45) is -7.93. The molecule has 10 atom stereocenters. The third-order valence-electron chi connectivity index (χ3n) is 10.3. The molecule has 0 radical (unpaired) electrons. The van der Waals surface area contributed by atoms with Gasteiger partial charge in [0.15, 0.2) is 34.5 Å². The Labute approximate surface area is 321 Å². The zero-order valence-electron chi connectivity index (χ0n) is 32.9. The number of methoxy groups -OCH3 is 7. The van der Waals surface area contributed by atoms with Crippen LogP contribution in [0.5, 0.6) is 51.7 Å². The van der Waals surface area contributed by atoms with Crippen LogP contribution in [0.25, 0.3) is 0 Å². The van der Waals surface area contributed by atoms with Crippen LogP contribution < -0.4 is 42.6 Å². The Morgan fingerprint density at radius 3 is 1.42 bits per heavy atom. The second kappa shape index (κ2) is 18.0. The molecule has 2 saturated heterocycles. The molecule has 2 aliphatic heterocycles. The van der Waals surface area contributed by atoms with Gasteiger partial charge in [-0.3, -0.25) is 0 Å². The number of aliphatic hydroxyl groups is 4. The van der Waals surface area contributed by atoms with Crippen LogP contribution in [0.15, 0.2) is 36.4 Å². The third-order valence-corrected chi connectivity index (χ3v) is 10.3. The molecule has 0 saturated carbocycles. The van der Waals surface area contributed by atoms with E-state index in [4.69, 9.17) is 52.1 Å². The van der Waals surface area contributed by atoms with Crippen molar-refractivity contribution >= 4 is 0 Å².